The van der Waals surface area contributed by atoms with E-state index in [1.54, 1.807) is 18.2 Å². The number of aromatic nitrogens is 1. The quantitative estimate of drug-likeness (QED) is 0.910. The van der Waals surface area contributed by atoms with E-state index in [9.17, 15) is 18.0 Å². The average molecular weight is 328 g/mol. The summed E-state index contributed by atoms with van der Waals surface area (Å²) in [5.74, 6) is 0.404. The van der Waals surface area contributed by atoms with E-state index in [2.05, 4.69) is 15.0 Å². The number of rotatable bonds is 5. The minimum atomic E-state index is -4.46. The summed E-state index contributed by atoms with van der Waals surface area (Å²) in [7, 11) is 0. The molecule has 1 saturated carbocycles. The zero-order chi connectivity index (χ0) is 16.6. The smallest absolute Gasteiger partial charge is 0.411 e. The van der Waals surface area contributed by atoms with Crippen molar-refractivity contribution in [3.05, 3.63) is 24.1 Å². The number of benzene rings is 1. The highest BCUT2D eigenvalue weighted by Gasteiger charge is 2.30. The fraction of sp³-hybridized carbons (Fsp3) is 0.467. The van der Waals surface area contributed by atoms with Crippen LogP contribution in [0, 0.1) is 0 Å². The maximum atomic E-state index is 12.1. The lowest BCUT2D eigenvalue weighted by Gasteiger charge is -2.14. The SMILES string of the molecule is C[C@@H](OCC(F)(F)F)C(=O)Nc1ccc2oc(C3CC3)nc2c1. The van der Waals surface area contributed by atoms with Gasteiger partial charge in [0, 0.05) is 11.6 Å². The molecule has 0 aliphatic heterocycles. The van der Waals surface area contributed by atoms with Gasteiger partial charge in [0.15, 0.2) is 11.5 Å². The van der Waals surface area contributed by atoms with Gasteiger partial charge >= 0.3 is 6.18 Å². The number of carbonyl (C=O) groups excluding carboxylic acids is 1. The van der Waals surface area contributed by atoms with Gasteiger partial charge in [-0.25, -0.2) is 4.98 Å². The van der Waals surface area contributed by atoms with Crippen LogP contribution in [0.1, 0.15) is 31.6 Å². The van der Waals surface area contributed by atoms with Crippen LogP contribution in [0.25, 0.3) is 11.1 Å². The molecule has 124 valence electrons. The lowest BCUT2D eigenvalue weighted by atomic mass is 10.2. The van der Waals surface area contributed by atoms with E-state index in [0.29, 0.717) is 28.6 Å². The molecule has 1 N–H and O–H groups in total. The topological polar surface area (TPSA) is 64.4 Å². The number of anilines is 1. The molecular formula is C15H15F3N2O3. The predicted molar refractivity (Wildman–Crippen MR) is 76.1 cm³/mol. The fourth-order valence-corrected chi connectivity index (χ4v) is 2.07. The Kier molecular flexibility index (Phi) is 4.01. The third kappa shape index (κ3) is 4.01. The fourth-order valence-electron chi connectivity index (χ4n) is 2.07. The summed E-state index contributed by atoms with van der Waals surface area (Å²) >= 11 is 0. The van der Waals surface area contributed by atoms with Crippen molar-refractivity contribution in [1.82, 2.24) is 4.98 Å². The largest absolute Gasteiger partial charge is 0.440 e. The van der Waals surface area contributed by atoms with Crippen molar-refractivity contribution in [3.8, 4) is 0 Å². The van der Waals surface area contributed by atoms with Crippen molar-refractivity contribution in [2.75, 3.05) is 11.9 Å². The normalized spacial score (nSPS) is 16.5. The maximum absolute atomic E-state index is 12.1. The van der Waals surface area contributed by atoms with Crippen molar-refractivity contribution in [3.63, 3.8) is 0 Å². The van der Waals surface area contributed by atoms with Crippen LogP contribution in [0.3, 0.4) is 0 Å². The molecule has 0 radical (unpaired) electrons. The Morgan fingerprint density at radius 2 is 2.22 bits per heavy atom. The van der Waals surface area contributed by atoms with Crippen LogP contribution in [-0.2, 0) is 9.53 Å². The first kappa shape index (κ1) is 15.8. The maximum Gasteiger partial charge on any atom is 0.411 e. The number of carbonyl (C=O) groups is 1. The van der Waals surface area contributed by atoms with Crippen LogP contribution >= 0.6 is 0 Å². The number of hydrogen-bond acceptors (Lipinski definition) is 4. The molecule has 1 aromatic carbocycles. The van der Waals surface area contributed by atoms with E-state index in [-0.39, 0.29) is 0 Å². The molecule has 3 rings (SSSR count). The monoisotopic (exact) mass is 328 g/mol. The molecule has 0 bridgehead atoms. The zero-order valence-corrected chi connectivity index (χ0v) is 12.3. The van der Waals surface area contributed by atoms with Crippen molar-refractivity contribution in [2.45, 2.75) is 38.0 Å². The number of ether oxygens (including phenoxy) is 1. The molecule has 1 fully saturated rings. The molecule has 1 atom stereocenters. The van der Waals surface area contributed by atoms with Gasteiger partial charge in [-0.1, -0.05) is 0 Å². The predicted octanol–water partition coefficient (Wildman–Crippen LogP) is 3.61. The summed E-state index contributed by atoms with van der Waals surface area (Å²) < 4.78 is 46.3. The van der Waals surface area contributed by atoms with E-state index >= 15 is 0 Å². The second-order valence-electron chi connectivity index (χ2n) is 5.57. The summed E-state index contributed by atoms with van der Waals surface area (Å²) in [4.78, 5) is 16.2. The average Bonchev–Trinajstić information content (AvgIpc) is 3.24. The van der Waals surface area contributed by atoms with Crippen LogP contribution in [0.15, 0.2) is 22.6 Å². The third-order valence-electron chi connectivity index (χ3n) is 3.46. The standard InChI is InChI=1S/C15H15F3N2O3/c1-8(22-7-15(16,17)18)13(21)19-10-4-5-12-11(6-10)20-14(23-12)9-2-3-9/h4-6,8-9H,2-3,7H2,1H3,(H,19,21)/t8-/m1/s1. The molecule has 1 heterocycles. The van der Waals surface area contributed by atoms with Gasteiger partial charge in [-0.2, -0.15) is 13.2 Å². The van der Waals surface area contributed by atoms with E-state index in [1.165, 1.54) is 6.92 Å². The van der Waals surface area contributed by atoms with Gasteiger partial charge < -0.3 is 14.5 Å². The van der Waals surface area contributed by atoms with Crippen LogP contribution in [-0.4, -0.2) is 29.8 Å². The van der Waals surface area contributed by atoms with Crippen LogP contribution in [0.4, 0.5) is 18.9 Å². The number of nitrogens with zero attached hydrogens (tertiary/aromatic N) is 1. The first-order valence-corrected chi connectivity index (χ1v) is 7.21. The van der Waals surface area contributed by atoms with Gasteiger partial charge in [0.05, 0.1) is 0 Å². The van der Waals surface area contributed by atoms with Crippen molar-refractivity contribution >= 4 is 22.7 Å². The Balaban J connectivity index is 1.64. The van der Waals surface area contributed by atoms with Gasteiger partial charge in [0.2, 0.25) is 0 Å². The number of hydrogen-bond donors (Lipinski definition) is 1. The summed E-state index contributed by atoms with van der Waals surface area (Å²) in [6.07, 6.45) is -3.56. The third-order valence-corrected chi connectivity index (χ3v) is 3.46. The Morgan fingerprint density at radius 3 is 2.87 bits per heavy atom. The van der Waals surface area contributed by atoms with Gasteiger partial charge in [-0.15, -0.1) is 0 Å². The summed E-state index contributed by atoms with van der Waals surface area (Å²) in [5.41, 5.74) is 1.65. The Labute approximate surface area is 129 Å². The van der Waals surface area contributed by atoms with E-state index in [0.717, 1.165) is 12.8 Å². The second kappa shape index (κ2) is 5.84. The molecule has 0 unspecified atom stereocenters. The van der Waals surface area contributed by atoms with Crippen LogP contribution in [0.2, 0.25) is 0 Å². The van der Waals surface area contributed by atoms with Crippen molar-refractivity contribution in [2.24, 2.45) is 0 Å². The van der Waals surface area contributed by atoms with Crippen LogP contribution in [0.5, 0.6) is 0 Å². The van der Waals surface area contributed by atoms with Gasteiger partial charge in [-0.05, 0) is 38.0 Å². The number of nitrogens with one attached hydrogen (secondary N) is 1. The molecule has 2 aromatic rings. The summed E-state index contributed by atoms with van der Waals surface area (Å²) in [6, 6.07) is 4.91. The van der Waals surface area contributed by atoms with Crippen LogP contribution < -0.4 is 5.32 Å². The highest BCUT2D eigenvalue weighted by Crippen LogP contribution is 2.40. The lowest BCUT2D eigenvalue weighted by molar-refractivity contribution is -0.184. The van der Waals surface area contributed by atoms with Gasteiger partial charge in [-0.3, -0.25) is 4.79 Å². The zero-order valence-electron chi connectivity index (χ0n) is 12.3. The molecule has 1 aliphatic carbocycles. The Hall–Kier alpha value is -2.09. The molecule has 1 amide bonds. The van der Waals surface area contributed by atoms with Crippen molar-refractivity contribution < 1.29 is 27.1 Å². The number of fused-ring (bicyclic) bond motifs is 1. The van der Waals surface area contributed by atoms with Gasteiger partial charge in [0.1, 0.15) is 18.2 Å². The molecule has 1 aliphatic rings. The van der Waals surface area contributed by atoms with Gasteiger partial charge in [0.25, 0.3) is 5.91 Å². The van der Waals surface area contributed by atoms with Crippen molar-refractivity contribution in [1.29, 1.82) is 0 Å². The molecule has 0 saturated heterocycles. The van der Waals surface area contributed by atoms with E-state index in [1.807, 2.05) is 0 Å². The number of amides is 1. The molecule has 1 aromatic heterocycles. The Bertz CT molecular complexity index is 722. The lowest BCUT2D eigenvalue weighted by Crippen LogP contribution is -2.31. The van der Waals surface area contributed by atoms with E-state index in [4.69, 9.17) is 4.42 Å². The first-order chi connectivity index (χ1) is 10.8. The molecule has 0 spiro atoms. The minimum Gasteiger partial charge on any atom is -0.440 e. The molecule has 5 nitrogen and oxygen atoms in total. The second-order valence-corrected chi connectivity index (χ2v) is 5.57. The molecule has 8 heteroatoms. The first-order valence-electron chi connectivity index (χ1n) is 7.21. The highest BCUT2D eigenvalue weighted by molar-refractivity contribution is 5.95. The number of halogens is 3. The van der Waals surface area contributed by atoms with E-state index < -0.39 is 24.8 Å². The Morgan fingerprint density at radius 1 is 1.48 bits per heavy atom. The summed E-state index contributed by atoms with van der Waals surface area (Å²) in [5, 5.41) is 2.51. The minimum absolute atomic E-state index is 0.372. The number of oxazole rings is 1. The molecular weight excluding hydrogens is 313 g/mol. The summed E-state index contributed by atoms with van der Waals surface area (Å²) in [6.45, 7) is -0.199. The number of alkyl halides is 3. The highest BCUT2D eigenvalue weighted by atomic mass is 19.4. The molecule has 23 heavy (non-hydrogen) atoms.